The van der Waals surface area contributed by atoms with Gasteiger partial charge in [-0.2, -0.15) is 0 Å². The fourth-order valence-corrected chi connectivity index (χ4v) is 16.7. The molecule has 9 aromatic carbocycles. The van der Waals surface area contributed by atoms with Crippen molar-refractivity contribution in [3.8, 4) is 22.5 Å². The molecule has 0 saturated heterocycles. The second-order valence-corrected chi connectivity index (χ2v) is 20.1. The Kier molecular flexibility index (Phi) is 7.52. The normalized spacial score (nSPS) is 13.2. The van der Waals surface area contributed by atoms with Crippen LogP contribution in [-0.4, -0.2) is 17.2 Å². The number of benzene rings is 9. The largest absolute Gasteiger partial charge is 0.309 e. The second kappa shape index (κ2) is 13.1. The van der Waals surface area contributed by atoms with Crippen LogP contribution < -0.4 is 20.7 Å². The van der Waals surface area contributed by atoms with E-state index in [2.05, 4.69) is 228 Å². The van der Waals surface area contributed by atoms with Gasteiger partial charge in [-0.1, -0.05) is 169 Å². The van der Waals surface area contributed by atoms with Gasteiger partial charge in [-0.25, -0.2) is 0 Å². The highest BCUT2D eigenvalue weighted by molar-refractivity contribution is 8.00. The Labute approximate surface area is 342 Å². The van der Waals surface area contributed by atoms with Crippen LogP contribution in [0, 0.1) is 0 Å². The van der Waals surface area contributed by atoms with E-state index in [1.807, 2.05) is 11.8 Å². The average Bonchev–Trinajstić information content (AvgIpc) is 3.81. The van der Waals surface area contributed by atoms with Gasteiger partial charge in [0.05, 0.1) is 22.1 Å². The fourth-order valence-electron chi connectivity index (χ4n) is 9.79. The van der Waals surface area contributed by atoms with Crippen molar-refractivity contribution in [2.45, 2.75) is 9.79 Å². The third kappa shape index (κ3) is 4.86. The molecule has 272 valence electrons. The number of hydrogen-bond donors (Lipinski definition) is 0. The Bertz CT molecular complexity index is 3330. The van der Waals surface area contributed by atoms with E-state index >= 15 is 0 Å². The minimum atomic E-state index is -2.75. The molecule has 0 bridgehead atoms. The zero-order valence-electron chi connectivity index (χ0n) is 31.6. The number of nitrogens with zero attached hydrogens (tertiary/aromatic N) is 2. The van der Waals surface area contributed by atoms with Gasteiger partial charge in [-0.3, -0.25) is 0 Å². The Hall–Kier alpha value is -6.85. The molecule has 0 aliphatic carbocycles. The summed E-state index contributed by atoms with van der Waals surface area (Å²) in [6, 6.07) is 81.4. The molecule has 11 aromatic rings. The summed E-state index contributed by atoms with van der Waals surface area (Å²) in [6.45, 7) is 0. The van der Waals surface area contributed by atoms with Crippen molar-refractivity contribution in [2.24, 2.45) is 0 Å². The topological polar surface area (TPSA) is 9.86 Å². The predicted molar refractivity (Wildman–Crippen MR) is 248 cm³/mol. The van der Waals surface area contributed by atoms with Crippen molar-refractivity contribution in [3.63, 3.8) is 0 Å². The summed E-state index contributed by atoms with van der Waals surface area (Å²) in [5.41, 5.74) is 9.58. The first kappa shape index (κ1) is 33.3. The van der Waals surface area contributed by atoms with Crippen LogP contribution >= 0.6 is 11.8 Å². The van der Waals surface area contributed by atoms with Gasteiger partial charge in [0, 0.05) is 42.7 Å². The van der Waals surface area contributed by atoms with Gasteiger partial charge in [-0.05, 0) is 92.5 Å². The van der Waals surface area contributed by atoms with Crippen LogP contribution in [0.2, 0.25) is 0 Å². The van der Waals surface area contributed by atoms with Crippen LogP contribution in [-0.2, 0) is 0 Å². The quantitative estimate of drug-likeness (QED) is 0.158. The lowest BCUT2D eigenvalue weighted by molar-refractivity contribution is 1.17. The van der Waals surface area contributed by atoms with Crippen molar-refractivity contribution in [2.75, 3.05) is 0 Å². The van der Waals surface area contributed by atoms with E-state index in [1.165, 1.54) is 85.3 Å². The smallest absolute Gasteiger partial charge is 0.181 e. The molecule has 0 amide bonds. The van der Waals surface area contributed by atoms with Gasteiger partial charge in [0.25, 0.3) is 0 Å². The summed E-state index contributed by atoms with van der Waals surface area (Å²) in [5.74, 6) is 0. The van der Waals surface area contributed by atoms with Crippen molar-refractivity contribution < 1.29 is 0 Å². The van der Waals surface area contributed by atoms with Gasteiger partial charge in [0.15, 0.2) is 8.07 Å². The molecule has 58 heavy (non-hydrogen) atoms. The maximum absolute atomic E-state index is 2.75. The van der Waals surface area contributed by atoms with E-state index in [0.29, 0.717) is 0 Å². The second-order valence-electron chi connectivity index (χ2n) is 15.3. The van der Waals surface area contributed by atoms with Crippen molar-refractivity contribution in [1.29, 1.82) is 0 Å². The highest BCUT2D eigenvalue weighted by Crippen LogP contribution is 2.38. The fraction of sp³-hybridized carbons (Fsp3) is 0. The summed E-state index contributed by atoms with van der Waals surface area (Å²) in [5, 5.41) is 10.7. The van der Waals surface area contributed by atoms with Gasteiger partial charge in [-0.15, -0.1) is 0 Å². The lowest BCUT2D eigenvalue weighted by Crippen LogP contribution is -2.76. The SMILES string of the molecule is c1ccc(-c2cccc(-n3c4ccccc4c4cc(-n5c6ccccc6c6ccc([Si]7(c8ccccc8)c8ccccc8Sc8ccccc87)cc65)ccc43)c2)cc1. The van der Waals surface area contributed by atoms with Gasteiger partial charge >= 0.3 is 0 Å². The van der Waals surface area contributed by atoms with E-state index in [0.717, 1.165) is 11.4 Å². The Morgan fingerprint density at radius 2 is 0.845 bits per heavy atom. The number of rotatable bonds is 5. The molecule has 0 atom stereocenters. The molecular weight excluding hydrogens is 737 g/mol. The van der Waals surface area contributed by atoms with Crippen molar-refractivity contribution in [3.05, 3.63) is 218 Å². The van der Waals surface area contributed by atoms with E-state index in [4.69, 9.17) is 0 Å². The van der Waals surface area contributed by atoms with Gasteiger partial charge in [0.2, 0.25) is 0 Å². The maximum atomic E-state index is 2.54. The van der Waals surface area contributed by atoms with Crippen LogP contribution in [0.3, 0.4) is 0 Å². The number of hydrogen-bond acceptors (Lipinski definition) is 1. The lowest BCUT2D eigenvalue weighted by Gasteiger charge is -2.39. The lowest BCUT2D eigenvalue weighted by atomic mass is 10.1. The molecule has 2 nitrogen and oxygen atoms in total. The number of aromatic nitrogens is 2. The minimum Gasteiger partial charge on any atom is -0.309 e. The van der Waals surface area contributed by atoms with E-state index in [9.17, 15) is 0 Å². The minimum absolute atomic E-state index is 1.16. The van der Waals surface area contributed by atoms with Crippen LogP contribution in [0.1, 0.15) is 0 Å². The van der Waals surface area contributed by atoms with Crippen molar-refractivity contribution >= 4 is 84.2 Å². The summed E-state index contributed by atoms with van der Waals surface area (Å²) < 4.78 is 4.94. The predicted octanol–water partition coefficient (Wildman–Crippen LogP) is 11.4. The van der Waals surface area contributed by atoms with Gasteiger partial charge < -0.3 is 9.13 Å². The van der Waals surface area contributed by atoms with E-state index < -0.39 is 8.07 Å². The molecule has 0 saturated carbocycles. The molecule has 0 spiro atoms. The first-order valence-electron chi connectivity index (χ1n) is 19.9. The Morgan fingerprint density at radius 3 is 1.57 bits per heavy atom. The molecular formula is C54H36N2SSi. The third-order valence-corrected chi connectivity index (χ3v) is 18.6. The molecule has 1 aliphatic rings. The molecule has 2 aromatic heterocycles. The van der Waals surface area contributed by atoms with E-state index in [1.54, 1.807) is 0 Å². The highest BCUT2D eigenvalue weighted by atomic mass is 32.2. The van der Waals surface area contributed by atoms with Crippen LogP contribution in [0.5, 0.6) is 0 Å². The van der Waals surface area contributed by atoms with Crippen LogP contribution in [0.4, 0.5) is 0 Å². The molecule has 3 heterocycles. The molecule has 0 fully saturated rings. The molecule has 0 N–H and O–H groups in total. The van der Waals surface area contributed by atoms with E-state index in [-0.39, 0.29) is 0 Å². The third-order valence-electron chi connectivity index (χ3n) is 12.2. The van der Waals surface area contributed by atoms with Crippen molar-refractivity contribution in [1.82, 2.24) is 9.13 Å². The monoisotopic (exact) mass is 772 g/mol. The number of fused-ring (bicyclic) bond motifs is 8. The zero-order chi connectivity index (χ0) is 38.2. The molecule has 1 aliphatic heterocycles. The first-order valence-corrected chi connectivity index (χ1v) is 22.7. The maximum Gasteiger partial charge on any atom is 0.181 e. The zero-order valence-corrected chi connectivity index (χ0v) is 33.4. The summed E-state index contributed by atoms with van der Waals surface area (Å²) in [6.07, 6.45) is 0. The first-order chi connectivity index (χ1) is 28.8. The summed E-state index contributed by atoms with van der Waals surface area (Å²) >= 11 is 1.91. The summed E-state index contributed by atoms with van der Waals surface area (Å²) in [7, 11) is -2.75. The molecule has 0 radical (unpaired) electrons. The molecule has 12 rings (SSSR count). The number of para-hydroxylation sites is 2. The summed E-state index contributed by atoms with van der Waals surface area (Å²) in [4.78, 5) is 2.71. The Balaban J connectivity index is 1.12. The molecule has 0 unspecified atom stereocenters. The molecule has 4 heteroatoms. The standard InChI is InChI=1S/C54H36N2SSi/c1-3-16-37(17-4-1)38-18-15-19-39(34-38)55-48-25-10-8-23-44(48)46-35-40(30-33-49(46)55)56-47-24-9-7-22-43(47)45-32-31-42(36-50(45)56)58(41-20-5-2-6-21-41)53-28-13-11-26-51(53)57-52-27-12-14-29-54(52)58/h1-36H. The van der Waals surface area contributed by atoms with Crippen LogP contribution in [0.15, 0.2) is 228 Å². The average molecular weight is 773 g/mol. The van der Waals surface area contributed by atoms with Crippen LogP contribution in [0.25, 0.3) is 66.1 Å². The highest BCUT2D eigenvalue weighted by Gasteiger charge is 2.47. The Morgan fingerprint density at radius 1 is 0.310 bits per heavy atom. The van der Waals surface area contributed by atoms with Gasteiger partial charge in [0.1, 0.15) is 0 Å².